The second kappa shape index (κ2) is 10.9. The van der Waals surface area contributed by atoms with Crippen LogP contribution in [0.1, 0.15) is 22.3 Å². The van der Waals surface area contributed by atoms with E-state index in [1.54, 1.807) is 0 Å². The van der Waals surface area contributed by atoms with Gasteiger partial charge in [0.15, 0.2) is 11.6 Å². The van der Waals surface area contributed by atoms with Gasteiger partial charge in [0.05, 0.1) is 16.8 Å². The van der Waals surface area contributed by atoms with E-state index in [2.05, 4.69) is 150 Å². The minimum Gasteiger partial charge on any atom is -0.278 e. The lowest BCUT2D eigenvalue weighted by Crippen LogP contribution is -2.26. The summed E-state index contributed by atoms with van der Waals surface area (Å²) in [4.78, 5) is 17.7. The highest BCUT2D eigenvalue weighted by atomic mass is 15.3. The third kappa shape index (κ3) is 3.79. The molecule has 0 atom stereocenters. The minimum atomic E-state index is -0.435. The Morgan fingerprint density at radius 3 is 1.50 bits per heavy atom. The lowest BCUT2D eigenvalue weighted by atomic mass is 9.69. The quantitative estimate of drug-likeness (QED) is 0.186. The van der Waals surface area contributed by atoms with Crippen LogP contribution in [0.3, 0.4) is 0 Å². The Bertz CT molecular complexity index is 2900. The molecule has 54 heavy (non-hydrogen) atoms. The van der Waals surface area contributed by atoms with Gasteiger partial charge in [-0.25, -0.2) is 4.98 Å². The average Bonchev–Trinajstić information content (AvgIpc) is 3.72. The van der Waals surface area contributed by atoms with Gasteiger partial charge in [-0.1, -0.05) is 164 Å². The maximum absolute atomic E-state index is 5.23. The minimum absolute atomic E-state index is 0.435. The molecule has 12 rings (SSSR count). The highest BCUT2D eigenvalue weighted by Gasteiger charge is 2.52. The van der Waals surface area contributed by atoms with E-state index in [9.17, 15) is 0 Å². The zero-order valence-electron chi connectivity index (χ0n) is 29.1. The Kier molecular flexibility index (Phi) is 5.95. The first-order chi connectivity index (χ1) is 26.8. The Morgan fingerprint density at radius 1 is 0.370 bits per heavy atom. The Hall–Kier alpha value is -7.17. The topological polar surface area (TPSA) is 41.9 Å². The second-order valence-electron chi connectivity index (χ2n) is 14.3. The number of benzene rings is 8. The Balaban J connectivity index is 1.19. The maximum atomic E-state index is 5.23. The number of anilines is 3. The molecule has 4 heteroatoms. The molecule has 0 N–H and O–H groups in total. The van der Waals surface area contributed by atoms with Gasteiger partial charge in [-0.3, -0.25) is 4.90 Å². The molecular formula is C50H30N4. The third-order valence-electron chi connectivity index (χ3n) is 11.7. The number of hydrogen-bond donors (Lipinski definition) is 0. The molecule has 0 unspecified atom stereocenters. The summed E-state index contributed by atoms with van der Waals surface area (Å²) >= 11 is 0. The van der Waals surface area contributed by atoms with Gasteiger partial charge in [0, 0.05) is 22.1 Å². The van der Waals surface area contributed by atoms with Crippen molar-refractivity contribution >= 4 is 28.1 Å². The normalized spacial score (nSPS) is 13.7. The fourth-order valence-corrected chi connectivity index (χ4v) is 9.58. The van der Waals surface area contributed by atoms with Crippen molar-refractivity contribution < 1.29 is 0 Å². The summed E-state index contributed by atoms with van der Waals surface area (Å²) in [5.74, 6) is 1.86. The highest BCUT2D eigenvalue weighted by Crippen LogP contribution is 2.65. The summed E-state index contributed by atoms with van der Waals surface area (Å²) in [7, 11) is 0. The maximum Gasteiger partial charge on any atom is 0.238 e. The molecule has 2 aliphatic carbocycles. The second-order valence-corrected chi connectivity index (χ2v) is 14.3. The van der Waals surface area contributed by atoms with Gasteiger partial charge in [0.25, 0.3) is 0 Å². The van der Waals surface area contributed by atoms with Crippen LogP contribution in [0.2, 0.25) is 0 Å². The van der Waals surface area contributed by atoms with E-state index in [0.717, 1.165) is 28.1 Å². The van der Waals surface area contributed by atoms with Crippen LogP contribution in [-0.2, 0) is 5.41 Å². The van der Waals surface area contributed by atoms with Gasteiger partial charge < -0.3 is 0 Å². The van der Waals surface area contributed by atoms with Crippen LogP contribution in [0, 0.1) is 0 Å². The Morgan fingerprint density at radius 2 is 0.870 bits per heavy atom. The summed E-state index contributed by atoms with van der Waals surface area (Å²) in [5, 5.41) is 2.43. The molecule has 9 aromatic rings. The van der Waals surface area contributed by atoms with E-state index in [1.165, 1.54) is 60.8 Å². The van der Waals surface area contributed by atoms with Gasteiger partial charge >= 0.3 is 0 Å². The van der Waals surface area contributed by atoms with Crippen LogP contribution in [0.25, 0.3) is 66.9 Å². The standard InChI is InChI=1S/C50H30N4/c1-3-16-31(17-4-1)47-51-48(32-18-5-2-6-19-32)53-49(52-47)54-43-28-14-10-22-35(43)38-30-42-45(37-24-15-29-44(54)46(37)38)36-23-9-13-27-41(36)50(42)39-25-11-7-20-33(39)34-21-8-12-26-40(34)50/h1-30H. The van der Waals surface area contributed by atoms with Crippen LogP contribution in [0.4, 0.5) is 17.3 Å². The lowest BCUT2D eigenvalue weighted by Gasteiger charge is -2.34. The van der Waals surface area contributed by atoms with Crippen LogP contribution < -0.4 is 4.90 Å². The molecule has 1 aliphatic heterocycles. The largest absolute Gasteiger partial charge is 0.278 e. The van der Waals surface area contributed by atoms with E-state index < -0.39 is 5.41 Å². The number of fused-ring (bicyclic) bond motifs is 13. The number of aromatic nitrogens is 3. The van der Waals surface area contributed by atoms with Crippen molar-refractivity contribution in [3.63, 3.8) is 0 Å². The molecule has 2 heterocycles. The van der Waals surface area contributed by atoms with Crippen molar-refractivity contribution in [2.45, 2.75) is 5.41 Å². The summed E-state index contributed by atoms with van der Waals surface area (Å²) in [6.07, 6.45) is 0. The fraction of sp³-hybridized carbons (Fsp3) is 0.0200. The van der Waals surface area contributed by atoms with Crippen LogP contribution >= 0.6 is 0 Å². The van der Waals surface area contributed by atoms with Crippen molar-refractivity contribution in [1.29, 1.82) is 0 Å². The third-order valence-corrected chi connectivity index (χ3v) is 11.7. The summed E-state index contributed by atoms with van der Waals surface area (Å²) in [6.45, 7) is 0. The molecule has 0 fully saturated rings. The fourth-order valence-electron chi connectivity index (χ4n) is 9.58. The van der Waals surface area contributed by atoms with E-state index in [0.29, 0.717) is 17.6 Å². The molecule has 0 saturated heterocycles. The van der Waals surface area contributed by atoms with Gasteiger partial charge in [-0.05, 0) is 73.7 Å². The molecule has 1 spiro atoms. The molecule has 0 saturated carbocycles. The van der Waals surface area contributed by atoms with E-state index in [1.807, 2.05) is 36.4 Å². The van der Waals surface area contributed by atoms with Crippen LogP contribution in [-0.4, -0.2) is 15.0 Å². The van der Waals surface area contributed by atoms with Gasteiger partial charge in [0.1, 0.15) is 0 Å². The van der Waals surface area contributed by atoms with Gasteiger partial charge in [0.2, 0.25) is 5.95 Å². The van der Waals surface area contributed by atoms with E-state index in [-0.39, 0.29) is 0 Å². The highest BCUT2D eigenvalue weighted by molar-refractivity contribution is 6.19. The first-order valence-electron chi connectivity index (χ1n) is 18.5. The molecular weight excluding hydrogens is 657 g/mol. The number of nitrogens with zero attached hydrogens (tertiary/aromatic N) is 4. The average molecular weight is 687 g/mol. The van der Waals surface area contributed by atoms with Crippen molar-refractivity contribution in [3.05, 3.63) is 204 Å². The SMILES string of the molecule is c1ccc(-c2nc(-c3ccccc3)nc(N3c4ccccc4-c4cc5c(c6cccc3c46)-c3ccccc3C53c4ccccc4-c4ccccc43)n2)cc1. The molecule has 0 amide bonds. The number of rotatable bonds is 3. The van der Waals surface area contributed by atoms with Crippen LogP contribution in [0.15, 0.2) is 182 Å². The molecule has 3 aliphatic rings. The molecule has 4 nitrogen and oxygen atoms in total. The van der Waals surface area contributed by atoms with Gasteiger partial charge in [-0.15, -0.1) is 0 Å². The summed E-state index contributed by atoms with van der Waals surface area (Å²) in [5.41, 5.74) is 16.5. The monoisotopic (exact) mass is 686 g/mol. The molecule has 250 valence electrons. The number of hydrogen-bond acceptors (Lipinski definition) is 4. The summed E-state index contributed by atoms with van der Waals surface area (Å²) < 4.78 is 0. The summed E-state index contributed by atoms with van der Waals surface area (Å²) in [6, 6.07) is 65.4. The van der Waals surface area contributed by atoms with Crippen molar-refractivity contribution in [1.82, 2.24) is 15.0 Å². The number of para-hydroxylation sites is 1. The smallest absolute Gasteiger partial charge is 0.238 e. The van der Waals surface area contributed by atoms with Gasteiger partial charge in [-0.2, -0.15) is 9.97 Å². The predicted octanol–water partition coefficient (Wildman–Crippen LogP) is 12.2. The lowest BCUT2D eigenvalue weighted by molar-refractivity contribution is 0.794. The molecule has 1 aromatic heterocycles. The van der Waals surface area contributed by atoms with Crippen molar-refractivity contribution in [2.24, 2.45) is 0 Å². The zero-order valence-corrected chi connectivity index (χ0v) is 29.1. The molecule has 8 aromatic carbocycles. The van der Waals surface area contributed by atoms with E-state index >= 15 is 0 Å². The Labute approximate surface area is 312 Å². The van der Waals surface area contributed by atoms with Crippen molar-refractivity contribution in [3.8, 4) is 56.2 Å². The predicted molar refractivity (Wildman–Crippen MR) is 218 cm³/mol. The zero-order chi connectivity index (χ0) is 35.4. The van der Waals surface area contributed by atoms with Crippen LogP contribution in [0.5, 0.6) is 0 Å². The van der Waals surface area contributed by atoms with E-state index in [4.69, 9.17) is 15.0 Å². The molecule has 0 radical (unpaired) electrons. The molecule has 0 bridgehead atoms. The first kappa shape index (κ1) is 29.4. The van der Waals surface area contributed by atoms with Crippen molar-refractivity contribution in [2.75, 3.05) is 4.90 Å². The first-order valence-corrected chi connectivity index (χ1v) is 18.5.